The molecule has 7 heteroatoms. The average Bonchev–Trinajstić information content (AvgIpc) is 2.71. The molecule has 29 heavy (non-hydrogen) atoms. The van der Waals surface area contributed by atoms with Crippen LogP contribution in [-0.4, -0.2) is 41.1 Å². The third-order valence-corrected chi connectivity index (χ3v) is 4.85. The summed E-state index contributed by atoms with van der Waals surface area (Å²) in [5, 5.41) is 11.1. The zero-order valence-corrected chi connectivity index (χ0v) is 17.6. The molecule has 6 nitrogen and oxygen atoms in total. The number of hydrogen-bond acceptors (Lipinski definition) is 4. The van der Waals surface area contributed by atoms with E-state index < -0.39 is 0 Å². The summed E-state index contributed by atoms with van der Waals surface area (Å²) >= 11 is 0. The predicted octanol–water partition coefficient (Wildman–Crippen LogP) is 4.07. The van der Waals surface area contributed by atoms with Crippen molar-refractivity contribution in [2.45, 2.75) is 26.2 Å². The highest BCUT2D eigenvalue weighted by atomic mass is 35.5. The molecule has 0 saturated carbocycles. The molecular formula is C22H27ClN4O2. The van der Waals surface area contributed by atoms with Crippen LogP contribution in [0, 0.1) is 0 Å². The molecule has 3 aromatic rings. The summed E-state index contributed by atoms with van der Waals surface area (Å²) < 4.78 is 0. The Labute approximate surface area is 176 Å². The van der Waals surface area contributed by atoms with Gasteiger partial charge in [0.1, 0.15) is 0 Å². The minimum Gasteiger partial charge on any atom is -0.326 e. The number of benzene rings is 2. The second kappa shape index (κ2) is 10.7. The van der Waals surface area contributed by atoms with E-state index in [9.17, 15) is 9.59 Å². The molecular weight excluding hydrogens is 388 g/mol. The van der Waals surface area contributed by atoms with E-state index in [0.29, 0.717) is 17.5 Å². The average molecular weight is 415 g/mol. The number of nitrogens with zero attached hydrogens (tertiary/aromatic N) is 2. The number of unbranched alkanes of at least 4 members (excludes halogenated alkanes) is 1. The molecule has 0 spiro atoms. The molecule has 0 aliphatic rings. The van der Waals surface area contributed by atoms with E-state index in [1.54, 1.807) is 6.07 Å². The first-order valence-electron chi connectivity index (χ1n) is 9.64. The van der Waals surface area contributed by atoms with Crippen LogP contribution in [-0.2, 0) is 4.79 Å². The minimum absolute atomic E-state index is 0. The normalized spacial score (nSPS) is 10.7. The van der Waals surface area contributed by atoms with Crippen molar-refractivity contribution in [3.05, 3.63) is 58.9 Å². The Hall–Kier alpha value is -2.70. The van der Waals surface area contributed by atoms with Gasteiger partial charge in [-0.15, -0.1) is 12.4 Å². The van der Waals surface area contributed by atoms with Crippen molar-refractivity contribution >= 4 is 34.8 Å². The third-order valence-electron chi connectivity index (χ3n) is 4.85. The molecule has 0 radical (unpaired) electrons. The number of fused-ring (bicyclic) bond motifs is 1. The lowest BCUT2D eigenvalue weighted by Gasteiger charge is -2.13. The van der Waals surface area contributed by atoms with Gasteiger partial charge in [0, 0.05) is 23.1 Å². The lowest BCUT2D eigenvalue weighted by Crippen LogP contribution is -2.19. The number of halogens is 1. The standard InChI is InChI=1S/C22H26N4O2.ClH/c1-3-26(2)14-7-6-13-20(27)23-17-10-8-9-16(15-17)21-18-11-4-5-12-19(18)22(28)25-24-21;/h4-5,8-12,15H,3,6-7,13-14H2,1-2H3,(H,23,27)(H,25,28);1H. The Kier molecular flexibility index (Phi) is 8.36. The van der Waals surface area contributed by atoms with E-state index in [2.05, 4.69) is 34.4 Å². The van der Waals surface area contributed by atoms with Gasteiger partial charge in [0.2, 0.25) is 5.91 Å². The number of amides is 1. The molecule has 1 heterocycles. The van der Waals surface area contributed by atoms with E-state index in [4.69, 9.17) is 0 Å². The molecule has 0 unspecified atom stereocenters. The van der Waals surface area contributed by atoms with Crippen LogP contribution >= 0.6 is 12.4 Å². The Morgan fingerprint density at radius 2 is 1.86 bits per heavy atom. The van der Waals surface area contributed by atoms with Crippen LogP contribution in [0.3, 0.4) is 0 Å². The summed E-state index contributed by atoms with van der Waals surface area (Å²) in [6, 6.07) is 14.9. The fourth-order valence-corrected chi connectivity index (χ4v) is 3.13. The lowest BCUT2D eigenvalue weighted by molar-refractivity contribution is -0.116. The first-order chi connectivity index (χ1) is 13.6. The minimum atomic E-state index is -0.211. The van der Waals surface area contributed by atoms with E-state index >= 15 is 0 Å². The molecule has 0 atom stereocenters. The number of H-pyrrole nitrogens is 1. The van der Waals surface area contributed by atoms with Gasteiger partial charge in [-0.25, -0.2) is 5.10 Å². The highest BCUT2D eigenvalue weighted by Gasteiger charge is 2.10. The fourth-order valence-electron chi connectivity index (χ4n) is 3.13. The van der Waals surface area contributed by atoms with Crippen molar-refractivity contribution in [3.63, 3.8) is 0 Å². The number of hydrogen-bond donors (Lipinski definition) is 2. The maximum atomic E-state index is 12.2. The summed E-state index contributed by atoms with van der Waals surface area (Å²) in [5.74, 6) is 0.00980. The van der Waals surface area contributed by atoms with Crippen LogP contribution in [0.4, 0.5) is 5.69 Å². The number of nitrogens with one attached hydrogen (secondary N) is 2. The zero-order chi connectivity index (χ0) is 19.9. The van der Waals surface area contributed by atoms with Crippen molar-refractivity contribution in [1.82, 2.24) is 15.1 Å². The van der Waals surface area contributed by atoms with Crippen molar-refractivity contribution in [2.75, 3.05) is 25.5 Å². The SMILES string of the molecule is CCN(C)CCCCC(=O)Nc1cccc(-c2n[nH]c(=O)c3ccccc23)c1.Cl. The van der Waals surface area contributed by atoms with Crippen LogP contribution in [0.2, 0.25) is 0 Å². The molecule has 2 N–H and O–H groups in total. The maximum absolute atomic E-state index is 12.2. The smallest absolute Gasteiger partial charge is 0.272 e. The summed E-state index contributed by atoms with van der Waals surface area (Å²) in [5.41, 5.74) is 2.05. The first kappa shape index (κ1) is 22.6. The van der Waals surface area contributed by atoms with Crippen molar-refractivity contribution < 1.29 is 4.79 Å². The number of aromatic amines is 1. The molecule has 0 aliphatic carbocycles. The Morgan fingerprint density at radius 1 is 1.10 bits per heavy atom. The largest absolute Gasteiger partial charge is 0.326 e. The maximum Gasteiger partial charge on any atom is 0.272 e. The van der Waals surface area contributed by atoms with Crippen LogP contribution in [0.5, 0.6) is 0 Å². The van der Waals surface area contributed by atoms with Crippen LogP contribution in [0.1, 0.15) is 26.2 Å². The quantitative estimate of drug-likeness (QED) is 0.544. The number of aromatic nitrogens is 2. The van der Waals surface area contributed by atoms with Crippen molar-refractivity contribution in [2.24, 2.45) is 0 Å². The Balaban J connectivity index is 0.00000300. The van der Waals surface area contributed by atoms with Gasteiger partial charge in [-0.3, -0.25) is 9.59 Å². The fraction of sp³-hybridized carbons (Fsp3) is 0.318. The molecule has 3 rings (SSSR count). The van der Waals surface area contributed by atoms with Gasteiger partial charge in [0.15, 0.2) is 0 Å². The second-order valence-electron chi connectivity index (χ2n) is 6.93. The van der Waals surface area contributed by atoms with E-state index in [0.717, 1.165) is 42.6 Å². The topological polar surface area (TPSA) is 78.1 Å². The van der Waals surface area contributed by atoms with Gasteiger partial charge in [-0.2, -0.15) is 5.10 Å². The van der Waals surface area contributed by atoms with Gasteiger partial charge in [-0.05, 0) is 51.2 Å². The molecule has 0 saturated heterocycles. The highest BCUT2D eigenvalue weighted by Crippen LogP contribution is 2.26. The van der Waals surface area contributed by atoms with Gasteiger partial charge < -0.3 is 10.2 Å². The molecule has 2 aromatic carbocycles. The predicted molar refractivity (Wildman–Crippen MR) is 121 cm³/mol. The first-order valence-corrected chi connectivity index (χ1v) is 9.64. The molecule has 1 amide bonds. The zero-order valence-electron chi connectivity index (χ0n) is 16.8. The van der Waals surface area contributed by atoms with Crippen LogP contribution in [0.15, 0.2) is 53.3 Å². The lowest BCUT2D eigenvalue weighted by atomic mass is 10.0. The van der Waals surface area contributed by atoms with Crippen molar-refractivity contribution in [1.29, 1.82) is 0 Å². The number of anilines is 1. The summed E-state index contributed by atoms with van der Waals surface area (Å²) in [4.78, 5) is 26.5. The van der Waals surface area contributed by atoms with Crippen molar-refractivity contribution in [3.8, 4) is 11.3 Å². The summed E-state index contributed by atoms with van der Waals surface area (Å²) in [6.07, 6.45) is 2.37. The highest BCUT2D eigenvalue weighted by molar-refractivity contribution is 5.95. The molecule has 1 aromatic heterocycles. The number of rotatable bonds is 8. The van der Waals surface area contributed by atoms with E-state index in [1.165, 1.54) is 0 Å². The second-order valence-corrected chi connectivity index (χ2v) is 6.93. The van der Waals surface area contributed by atoms with Crippen LogP contribution < -0.4 is 10.9 Å². The van der Waals surface area contributed by atoms with Crippen LogP contribution in [0.25, 0.3) is 22.0 Å². The monoisotopic (exact) mass is 414 g/mol. The molecule has 154 valence electrons. The summed E-state index contributed by atoms with van der Waals surface area (Å²) in [6.45, 7) is 4.15. The number of carbonyl (C=O) groups is 1. The Bertz CT molecular complexity index is 1020. The molecule has 0 fully saturated rings. The summed E-state index contributed by atoms with van der Waals surface area (Å²) in [7, 11) is 2.08. The number of carbonyl (C=O) groups excluding carboxylic acids is 1. The molecule has 0 aliphatic heterocycles. The van der Waals surface area contributed by atoms with E-state index in [-0.39, 0.29) is 23.9 Å². The third kappa shape index (κ3) is 5.89. The van der Waals surface area contributed by atoms with Gasteiger partial charge in [-0.1, -0.05) is 37.3 Å². The Morgan fingerprint density at radius 3 is 2.62 bits per heavy atom. The van der Waals surface area contributed by atoms with E-state index in [1.807, 2.05) is 42.5 Å². The van der Waals surface area contributed by atoms with Gasteiger partial charge in [0.05, 0.1) is 11.1 Å². The van der Waals surface area contributed by atoms with Gasteiger partial charge >= 0.3 is 0 Å². The van der Waals surface area contributed by atoms with Gasteiger partial charge in [0.25, 0.3) is 5.56 Å². The molecule has 0 bridgehead atoms.